The number of hydrogen-bond donors (Lipinski definition) is 2. The number of carbonyl (C=O) groups excluding carboxylic acids is 1. The molecule has 8 heteroatoms. The van der Waals surface area contributed by atoms with E-state index < -0.39 is 0 Å². The van der Waals surface area contributed by atoms with Crippen LogP contribution in [0.5, 0.6) is 0 Å². The van der Waals surface area contributed by atoms with Crippen LogP contribution in [0.2, 0.25) is 0 Å². The van der Waals surface area contributed by atoms with Gasteiger partial charge in [-0.1, -0.05) is 5.21 Å². The number of nitrogens with zero attached hydrogens (tertiary/aromatic N) is 4. The highest BCUT2D eigenvalue weighted by Gasteiger charge is 2.31. The Kier molecular flexibility index (Phi) is 4.07. The summed E-state index contributed by atoms with van der Waals surface area (Å²) in [7, 11) is 0. The van der Waals surface area contributed by atoms with Crippen molar-refractivity contribution in [2.75, 3.05) is 13.1 Å². The minimum absolute atomic E-state index is 0.00168. The van der Waals surface area contributed by atoms with E-state index in [1.54, 1.807) is 10.9 Å². The zero-order valence-corrected chi connectivity index (χ0v) is 13.2. The van der Waals surface area contributed by atoms with E-state index in [4.69, 9.17) is 0 Å². The van der Waals surface area contributed by atoms with Crippen LogP contribution in [0.3, 0.4) is 0 Å². The zero-order valence-electron chi connectivity index (χ0n) is 11.7. The fraction of sp³-hybridized carbons (Fsp3) is 0.462. The molecule has 0 spiro atoms. The molecule has 0 radical (unpaired) electrons. The van der Waals surface area contributed by atoms with E-state index in [0.29, 0.717) is 5.69 Å². The van der Waals surface area contributed by atoms with Crippen molar-refractivity contribution in [3.8, 4) is 0 Å². The SMILES string of the molecule is CCn1cc(Br)cc1C(=O)N[C@@H]1CNC[C@@H]1n1ccnn1. The lowest BCUT2D eigenvalue weighted by atomic mass is 10.1. The summed E-state index contributed by atoms with van der Waals surface area (Å²) in [5, 5.41) is 14.2. The first-order valence-electron chi connectivity index (χ1n) is 6.92. The molecule has 1 fully saturated rings. The van der Waals surface area contributed by atoms with Crippen LogP contribution in [-0.4, -0.2) is 44.6 Å². The van der Waals surface area contributed by atoms with Crippen molar-refractivity contribution in [2.24, 2.45) is 0 Å². The Balaban J connectivity index is 1.74. The maximum absolute atomic E-state index is 12.5. The monoisotopic (exact) mass is 352 g/mol. The second-order valence-electron chi connectivity index (χ2n) is 5.02. The van der Waals surface area contributed by atoms with Gasteiger partial charge in [-0.3, -0.25) is 4.79 Å². The van der Waals surface area contributed by atoms with Gasteiger partial charge in [0.15, 0.2) is 0 Å². The summed E-state index contributed by atoms with van der Waals surface area (Å²) < 4.78 is 4.62. The highest BCUT2D eigenvalue weighted by Crippen LogP contribution is 2.18. The van der Waals surface area contributed by atoms with Gasteiger partial charge in [-0.15, -0.1) is 5.10 Å². The van der Waals surface area contributed by atoms with Gasteiger partial charge < -0.3 is 15.2 Å². The molecular formula is C13H17BrN6O. The van der Waals surface area contributed by atoms with Gasteiger partial charge in [0.1, 0.15) is 5.69 Å². The normalized spacial score (nSPS) is 21.6. The average molecular weight is 353 g/mol. The minimum atomic E-state index is -0.0682. The van der Waals surface area contributed by atoms with Crippen molar-refractivity contribution in [3.63, 3.8) is 0 Å². The van der Waals surface area contributed by atoms with Crippen LogP contribution in [0, 0.1) is 0 Å². The molecule has 0 saturated carbocycles. The van der Waals surface area contributed by atoms with E-state index in [2.05, 4.69) is 36.9 Å². The van der Waals surface area contributed by atoms with E-state index in [9.17, 15) is 4.79 Å². The first-order valence-corrected chi connectivity index (χ1v) is 7.71. The maximum atomic E-state index is 12.5. The summed E-state index contributed by atoms with van der Waals surface area (Å²) in [5.41, 5.74) is 0.661. The van der Waals surface area contributed by atoms with Gasteiger partial charge in [0.05, 0.1) is 18.3 Å². The molecule has 112 valence electrons. The Morgan fingerprint density at radius 2 is 2.43 bits per heavy atom. The highest BCUT2D eigenvalue weighted by molar-refractivity contribution is 9.10. The molecule has 1 aliphatic heterocycles. The fourth-order valence-corrected chi connectivity index (χ4v) is 3.12. The summed E-state index contributed by atoms with van der Waals surface area (Å²) >= 11 is 3.41. The maximum Gasteiger partial charge on any atom is 0.268 e. The van der Waals surface area contributed by atoms with Crippen molar-refractivity contribution in [1.29, 1.82) is 0 Å². The van der Waals surface area contributed by atoms with Crippen LogP contribution in [0.15, 0.2) is 29.1 Å². The molecule has 0 bridgehead atoms. The van der Waals surface area contributed by atoms with Crippen molar-refractivity contribution in [3.05, 3.63) is 34.8 Å². The number of rotatable bonds is 4. The quantitative estimate of drug-likeness (QED) is 0.853. The van der Waals surface area contributed by atoms with E-state index in [0.717, 1.165) is 24.1 Å². The van der Waals surface area contributed by atoms with Gasteiger partial charge in [0.25, 0.3) is 5.91 Å². The molecule has 2 N–H and O–H groups in total. The Hall–Kier alpha value is -1.67. The van der Waals surface area contributed by atoms with Gasteiger partial charge in [-0.05, 0) is 28.9 Å². The number of carbonyl (C=O) groups is 1. The Morgan fingerprint density at radius 3 is 3.14 bits per heavy atom. The van der Waals surface area contributed by atoms with Gasteiger partial charge in [-0.25, -0.2) is 4.68 Å². The Morgan fingerprint density at radius 1 is 1.57 bits per heavy atom. The third-order valence-electron chi connectivity index (χ3n) is 3.72. The van der Waals surface area contributed by atoms with Crippen molar-refractivity contribution in [1.82, 2.24) is 30.2 Å². The van der Waals surface area contributed by atoms with Crippen LogP contribution in [-0.2, 0) is 6.54 Å². The molecule has 1 aliphatic rings. The summed E-state index contributed by atoms with van der Waals surface area (Å²) in [6.45, 7) is 4.26. The van der Waals surface area contributed by atoms with Crippen LogP contribution in [0.25, 0.3) is 0 Å². The first kappa shape index (κ1) is 14.3. The topological polar surface area (TPSA) is 76.8 Å². The molecule has 0 unspecified atom stereocenters. The Labute approximate surface area is 130 Å². The summed E-state index contributed by atoms with van der Waals surface area (Å²) in [6, 6.07) is 1.93. The summed E-state index contributed by atoms with van der Waals surface area (Å²) in [6.07, 6.45) is 5.38. The van der Waals surface area contributed by atoms with Crippen molar-refractivity contribution >= 4 is 21.8 Å². The molecule has 2 aromatic heterocycles. The van der Waals surface area contributed by atoms with Gasteiger partial charge in [-0.2, -0.15) is 0 Å². The highest BCUT2D eigenvalue weighted by atomic mass is 79.9. The van der Waals surface area contributed by atoms with Gasteiger partial charge in [0, 0.05) is 36.5 Å². The number of aryl methyl sites for hydroxylation is 1. The molecule has 2 aromatic rings. The Bertz CT molecular complexity index is 623. The minimum Gasteiger partial charge on any atom is -0.345 e. The molecule has 1 saturated heterocycles. The standard InChI is InChI=1S/C13H17BrN6O/c1-2-19-8-9(14)5-11(19)13(21)17-10-6-15-7-12(10)20-4-3-16-18-20/h3-5,8,10,12,15H,2,6-7H2,1H3,(H,17,21)/t10-,12+/m1/s1. The van der Waals surface area contributed by atoms with E-state index >= 15 is 0 Å². The van der Waals surface area contributed by atoms with Crippen LogP contribution < -0.4 is 10.6 Å². The molecule has 3 rings (SSSR count). The molecule has 0 aliphatic carbocycles. The number of aromatic nitrogens is 4. The molecule has 0 aromatic carbocycles. The average Bonchev–Trinajstić information content (AvgIpc) is 3.17. The molecule has 3 heterocycles. The van der Waals surface area contributed by atoms with Crippen molar-refractivity contribution in [2.45, 2.75) is 25.6 Å². The van der Waals surface area contributed by atoms with E-state index in [1.807, 2.05) is 30.0 Å². The zero-order chi connectivity index (χ0) is 14.8. The second kappa shape index (κ2) is 5.98. The lowest BCUT2D eigenvalue weighted by molar-refractivity contribution is 0.0921. The second-order valence-corrected chi connectivity index (χ2v) is 5.93. The predicted molar refractivity (Wildman–Crippen MR) is 81.0 cm³/mol. The van der Waals surface area contributed by atoms with Crippen LogP contribution >= 0.6 is 15.9 Å². The smallest absolute Gasteiger partial charge is 0.268 e. The van der Waals surface area contributed by atoms with E-state index in [1.165, 1.54) is 0 Å². The van der Waals surface area contributed by atoms with Crippen LogP contribution in [0.1, 0.15) is 23.5 Å². The third kappa shape index (κ3) is 2.86. The fourth-order valence-electron chi connectivity index (χ4n) is 2.65. The lowest BCUT2D eigenvalue weighted by Crippen LogP contribution is -2.42. The number of amides is 1. The number of nitrogens with one attached hydrogen (secondary N) is 2. The molecule has 1 amide bonds. The summed E-state index contributed by atoms with van der Waals surface area (Å²) in [5.74, 6) is -0.0682. The molecule has 2 atom stereocenters. The van der Waals surface area contributed by atoms with Crippen molar-refractivity contribution < 1.29 is 4.79 Å². The first-order chi connectivity index (χ1) is 10.2. The predicted octanol–water partition coefficient (Wildman–Crippen LogP) is 0.805. The lowest BCUT2D eigenvalue weighted by Gasteiger charge is -2.20. The molecular weight excluding hydrogens is 336 g/mol. The van der Waals surface area contributed by atoms with Gasteiger partial charge >= 0.3 is 0 Å². The largest absolute Gasteiger partial charge is 0.345 e. The summed E-state index contributed by atoms with van der Waals surface area (Å²) in [4.78, 5) is 12.5. The van der Waals surface area contributed by atoms with E-state index in [-0.39, 0.29) is 18.0 Å². The number of halogens is 1. The molecule has 7 nitrogen and oxygen atoms in total. The van der Waals surface area contributed by atoms with Gasteiger partial charge in [0.2, 0.25) is 0 Å². The van der Waals surface area contributed by atoms with Crippen LogP contribution in [0.4, 0.5) is 0 Å². The third-order valence-corrected chi connectivity index (χ3v) is 4.15. The number of hydrogen-bond acceptors (Lipinski definition) is 4. The molecule has 21 heavy (non-hydrogen) atoms.